The van der Waals surface area contributed by atoms with Crippen molar-refractivity contribution in [1.29, 1.82) is 0 Å². The minimum absolute atomic E-state index is 0.00450. The van der Waals surface area contributed by atoms with Crippen molar-refractivity contribution in [3.63, 3.8) is 0 Å². The van der Waals surface area contributed by atoms with Crippen LogP contribution in [0.1, 0.15) is 44.6 Å². The van der Waals surface area contributed by atoms with Crippen molar-refractivity contribution in [2.45, 2.75) is 27.3 Å². The van der Waals surface area contributed by atoms with E-state index in [0.29, 0.717) is 29.1 Å². The summed E-state index contributed by atoms with van der Waals surface area (Å²) in [5, 5.41) is 4.41. The van der Waals surface area contributed by atoms with Crippen LogP contribution in [-0.4, -0.2) is 29.0 Å². The molecule has 2 aromatic rings. The third kappa shape index (κ3) is 2.86. The molecule has 0 saturated heterocycles. The first-order valence-corrected chi connectivity index (χ1v) is 6.65. The zero-order chi connectivity index (χ0) is 15.6. The van der Waals surface area contributed by atoms with E-state index in [9.17, 15) is 9.59 Å². The average Bonchev–Trinajstić information content (AvgIpc) is 2.73. The van der Waals surface area contributed by atoms with Gasteiger partial charge in [0.05, 0.1) is 24.9 Å². The Balaban J connectivity index is 2.45. The Morgan fingerprint density at radius 3 is 2.62 bits per heavy atom. The number of hydrogen-bond donors (Lipinski definition) is 0. The lowest BCUT2D eigenvalue weighted by molar-refractivity contribution is 0.101. The van der Waals surface area contributed by atoms with Gasteiger partial charge in [0.15, 0.2) is 5.78 Å². The van der Waals surface area contributed by atoms with Crippen LogP contribution in [0, 0.1) is 13.8 Å². The molecule has 1 heterocycles. The molecular formula is C16H18N2O3. The fourth-order valence-electron chi connectivity index (χ4n) is 2.52. The Kier molecular flexibility index (Phi) is 4.21. The molecule has 5 heteroatoms. The van der Waals surface area contributed by atoms with Crippen LogP contribution in [0.25, 0.3) is 0 Å². The van der Waals surface area contributed by atoms with E-state index in [0.717, 1.165) is 17.5 Å². The summed E-state index contributed by atoms with van der Waals surface area (Å²) in [6.07, 6.45) is 0.797. The Morgan fingerprint density at radius 1 is 1.38 bits per heavy atom. The summed E-state index contributed by atoms with van der Waals surface area (Å²) in [4.78, 5) is 22.6. The van der Waals surface area contributed by atoms with E-state index in [1.54, 1.807) is 30.0 Å². The number of carbonyl (C=O) groups is 2. The van der Waals surface area contributed by atoms with Gasteiger partial charge < -0.3 is 4.74 Å². The van der Waals surface area contributed by atoms with Crippen molar-refractivity contribution in [2.75, 3.05) is 7.11 Å². The van der Waals surface area contributed by atoms with E-state index in [-0.39, 0.29) is 5.78 Å². The molecule has 0 aliphatic carbocycles. The molecule has 5 nitrogen and oxygen atoms in total. The topological polar surface area (TPSA) is 61.2 Å². The standard InChI is InChI=1S/C16H18N2O3/c1-10-16(12(3)20)11(2)18(17-10)8-14-7-13(9-19)5-6-15(14)21-4/h5-7,9H,8H2,1-4H3. The molecule has 0 aliphatic heterocycles. The van der Waals surface area contributed by atoms with Gasteiger partial charge >= 0.3 is 0 Å². The van der Waals surface area contributed by atoms with E-state index >= 15 is 0 Å². The predicted molar refractivity (Wildman–Crippen MR) is 79.2 cm³/mol. The molecule has 110 valence electrons. The maximum absolute atomic E-state index is 11.7. The number of carbonyl (C=O) groups excluding carboxylic acids is 2. The molecule has 0 fully saturated rings. The highest BCUT2D eigenvalue weighted by molar-refractivity contribution is 5.96. The number of aldehydes is 1. The van der Waals surface area contributed by atoms with Gasteiger partial charge in [0.25, 0.3) is 0 Å². The second-order valence-corrected chi connectivity index (χ2v) is 4.95. The summed E-state index contributed by atoms with van der Waals surface area (Å²) in [5.74, 6) is 0.697. The molecule has 21 heavy (non-hydrogen) atoms. The largest absolute Gasteiger partial charge is 0.496 e. The van der Waals surface area contributed by atoms with Crippen LogP contribution in [0.2, 0.25) is 0 Å². The number of nitrogens with zero attached hydrogens (tertiary/aromatic N) is 2. The maximum atomic E-state index is 11.7. The Morgan fingerprint density at radius 2 is 2.10 bits per heavy atom. The molecule has 0 atom stereocenters. The number of ether oxygens (including phenoxy) is 1. The summed E-state index contributed by atoms with van der Waals surface area (Å²) in [7, 11) is 1.58. The number of aromatic nitrogens is 2. The number of hydrogen-bond acceptors (Lipinski definition) is 4. The predicted octanol–water partition coefficient (Wildman–Crippen LogP) is 2.57. The number of methoxy groups -OCH3 is 1. The summed E-state index contributed by atoms with van der Waals surface area (Å²) in [6.45, 7) is 5.67. The number of aryl methyl sites for hydroxylation is 1. The second-order valence-electron chi connectivity index (χ2n) is 4.95. The summed E-state index contributed by atoms with van der Waals surface area (Å²) >= 11 is 0. The van der Waals surface area contributed by atoms with Crippen LogP contribution in [0.15, 0.2) is 18.2 Å². The van der Waals surface area contributed by atoms with Crippen LogP contribution in [0.4, 0.5) is 0 Å². The maximum Gasteiger partial charge on any atom is 0.163 e. The summed E-state index contributed by atoms with van der Waals surface area (Å²) < 4.78 is 7.08. The van der Waals surface area contributed by atoms with Crippen molar-refractivity contribution < 1.29 is 14.3 Å². The highest BCUT2D eigenvalue weighted by atomic mass is 16.5. The first-order valence-electron chi connectivity index (χ1n) is 6.65. The van der Waals surface area contributed by atoms with Crippen LogP contribution in [0.5, 0.6) is 5.75 Å². The van der Waals surface area contributed by atoms with E-state index < -0.39 is 0 Å². The average molecular weight is 286 g/mol. The third-order valence-corrected chi connectivity index (χ3v) is 3.49. The summed E-state index contributed by atoms with van der Waals surface area (Å²) in [5.41, 5.74) is 3.62. The van der Waals surface area contributed by atoms with Gasteiger partial charge in [0.2, 0.25) is 0 Å². The molecule has 0 saturated carbocycles. The van der Waals surface area contributed by atoms with E-state index in [1.165, 1.54) is 6.92 Å². The van der Waals surface area contributed by atoms with E-state index in [1.807, 2.05) is 13.8 Å². The highest BCUT2D eigenvalue weighted by Crippen LogP contribution is 2.22. The van der Waals surface area contributed by atoms with Crippen LogP contribution >= 0.6 is 0 Å². The molecule has 1 aromatic carbocycles. The molecule has 0 aliphatic rings. The SMILES string of the molecule is COc1ccc(C=O)cc1Cn1nc(C)c(C(C)=O)c1C. The Bertz CT molecular complexity index is 702. The van der Waals surface area contributed by atoms with Crippen LogP contribution < -0.4 is 4.74 Å². The normalized spacial score (nSPS) is 10.5. The second kappa shape index (κ2) is 5.91. The van der Waals surface area contributed by atoms with Gasteiger partial charge in [0.1, 0.15) is 12.0 Å². The zero-order valence-corrected chi connectivity index (χ0v) is 12.6. The van der Waals surface area contributed by atoms with Crippen molar-refractivity contribution in [3.05, 3.63) is 46.3 Å². The van der Waals surface area contributed by atoms with Crippen LogP contribution in [0.3, 0.4) is 0 Å². The molecule has 1 aromatic heterocycles. The number of benzene rings is 1. The molecular weight excluding hydrogens is 268 g/mol. The zero-order valence-electron chi connectivity index (χ0n) is 12.6. The van der Waals surface area contributed by atoms with Gasteiger partial charge in [-0.05, 0) is 39.0 Å². The molecule has 2 rings (SSSR count). The van der Waals surface area contributed by atoms with Crippen molar-refractivity contribution in [3.8, 4) is 5.75 Å². The lowest BCUT2D eigenvalue weighted by Crippen LogP contribution is -2.07. The van der Waals surface area contributed by atoms with Gasteiger partial charge in [-0.15, -0.1) is 0 Å². The Hall–Kier alpha value is -2.43. The monoisotopic (exact) mass is 286 g/mol. The third-order valence-electron chi connectivity index (χ3n) is 3.49. The quantitative estimate of drug-likeness (QED) is 0.626. The molecule has 0 bridgehead atoms. The van der Waals surface area contributed by atoms with Gasteiger partial charge in [-0.25, -0.2) is 0 Å². The molecule has 0 spiro atoms. The van der Waals surface area contributed by atoms with Gasteiger partial charge in [-0.2, -0.15) is 5.10 Å². The molecule has 0 amide bonds. The first-order chi connectivity index (χ1) is 9.97. The van der Waals surface area contributed by atoms with E-state index in [2.05, 4.69) is 5.10 Å². The summed E-state index contributed by atoms with van der Waals surface area (Å²) in [6, 6.07) is 5.24. The number of ketones is 1. The van der Waals surface area contributed by atoms with Crippen molar-refractivity contribution >= 4 is 12.1 Å². The molecule has 0 N–H and O–H groups in total. The fraction of sp³-hybridized carbons (Fsp3) is 0.312. The van der Waals surface area contributed by atoms with Crippen LogP contribution in [-0.2, 0) is 6.54 Å². The lowest BCUT2D eigenvalue weighted by atomic mass is 10.1. The number of Topliss-reactive ketones (excluding diaryl/α,β-unsaturated/α-hetero) is 1. The van der Waals surface area contributed by atoms with Crippen molar-refractivity contribution in [1.82, 2.24) is 9.78 Å². The lowest BCUT2D eigenvalue weighted by Gasteiger charge is -2.10. The van der Waals surface area contributed by atoms with Crippen molar-refractivity contribution in [2.24, 2.45) is 0 Å². The fourth-order valence-corrected chi connectivity index (χ4v) is 2.52. The van der Waals surface area contributed by atoms with E-state index in [4.69, 9.17) is 4.74 Å². The van der Waals surface area contributed by atoms with Gasteiger partial charge in [0, 0.05) is 16.8 Å². The minimum atomic E-state index is 0.00450. The van der Waals surface area contributed by atoms with Gasteiger partial charge in [-0.1, -0.05) is 0 Å². The first kappa shape index (κ1) is 15.0. The smallest absolute Gasteiger partial charge is 0.163 e. The molecule has 0 unspecified atom stereocenters. The Labute approximate surface area is 123 Å². The van der Waals surface area contributed by atoms with Gasteiger partial charge in [-0.3, -0.25) is 14.3 Å². The minimum Gasteiger partial charge on any atom is -0.496 e. The highest BCUT2D eigenvalue weighted by Gasteiger charge is 2.16. The number of rotatable bonds is 5. The molecule has 0 radical (unpaired) electrons.